The lowest BCUT2D eigenvalue weighted by Gasteiger charge is -1.95. The highest BCUT2D eigenvalue weighted by molar-refractivity contribution is 5.19. The van der Waals surface area contributed by atoms with E-state index in [1.54, 1.807) is 0 Å². The van der Waals surface area contributed by atoms with Gasteiger partial charge < -0.3 is 4.42 Å². The molecule has 0 aliphatic rings. The van der Waals surface area contributed by atoms with Crippen LogP contribution in [0.15, 0.2) is 34.7 Å². The third-order valence-electron chi connectivity index (χ3n) is 2.62. The van der Waals surface area contributed by atoms with Gasteiger partial charge in [0.05, 0.1) is 5.69 Å². The van der Waals surface area contributed by atoms with Crippen molar-refractivity contribution >= 4 is 0 Å². The smallest absolute Gasteiger partial charge is 0.199 e. The van der Waals surface area contributed by atoms with Crippen LogP contribution >= 0.6 is 0 Å². The second-order valence-corrected chi connectivity index (χ2v) is 4.02. The van der Waals surface area contributed by atoms with Crippen molar-refractivity contribution in [3.63, 3.8) is 0 Å². The fourth-order valence-corrected chi connectivity index (χ4v) is 1.80. The third-order valence-corrected chi connectivity index (χ3v) is 2.62. The molecule has 0 aliphatic carbocycles. The van der Waals surface area contributed by atoms with Crippen molar-refractivity contribution in [3.05, 3.63) is 53.2 Å². The van der Waals surface area contributed by atoms with Crippen LogP contribution in [0, 0.1) is 6.92 Å². The Balaban J connectivity index is 2.13. The first-order valence-corrected chi connectivity index (χ1v) is 5.78. The molecule has 0 spiro atoms. The van der Waals surface area contributed by atoms with Gasteiger partial charge in [-0.1, -0.05) is 43.7 Å². The predicted molar refractivity (Wildman–Crippen MR) is 64.5 cm³/mol. The van der Waals surface area contributed by atoms with E-state index in [9.17, 15) is 0 Å². The van der Waals surface area contributed by atoms with Gasteiger partial charge in [-0.15, -0.1) is 0 Å². The second-order valence-electron chi connectivity index (χ2n) is 4.02. The van der Waals surface area contributed by atoms with E-state index in [0.717, 1.165) is 36.6 Å². The molecule has 84 valence electrons. The number of aromatic nitrogens is 1. The minimum absolute atomic E-state index is 0.783. The highest BCUT2D eigenvalue weighted by Crippen LogP contribution is 2.15. The topological polar surface area (TPSA) is 26.0 Å². The van der Waals surface area contributed by atoms with Crippen LogP contribution in [0.25, 0.3) is 0 Å². The van der Waals surface area contributed by atoms with Crippen LogP contribution in [-0.4, -0.2) is 4.98 Å². The Morgan fingerprint density at radius 2 is 1.94 bits per heavy atom. The van der Waals surface area contributed by atoms with Gasteiger partial charge in [-0.2, -0.15) is 0 Å². The van der Waals surface area contributed by atoms with Crippen molar-refractivity contribution < 1.29 is 4.42 Å². The molecule has 0 unspecified atom stereocenters. The lowest BCUT2D eigenvalue weighted by atomic mass is 10.1. The molecule has 0 N–H and O–H groups in total. The van der Waals surface area contributed by atoms with Crippen LogP contribution in [0.5, 0.6) is 0 Å². The normalized spacial score (nSPS) is 10.6. The maximum absolute atomic E-state index is 5.66. The van der Waals surface area contributed by atoms with Gasteiger partial charge in [0.25, 0.3) is 0 Å². The van der Waals surface area contributed by atoms with E-state index in [1.165, 1.54) is 5.56 Å². The number of nitrogens with zero attached hydrogens (tertiary/aromatic N) is 1. The van der Waals surface area contributed by atoms with Gasteiger partial charge in [0.1, 0.15) is 5.76 Å². The van der Waals surface area contributed by atoms with Gasteiger partial charge in [0.15, 0.2) is 5.89 Å². The monoisotopic (exact) mass is 215 g/mol. The van der Waals surface area contributed by atoms with E-state index in [2.05, 4.69) is 24.0 Å². The SMILES string of the molecule is CCCc1nc(Cc2ccccc2)oc1C. The maximum atomic E-state index is 5.66. The zero-order valence-electron chi connectivity index (χ0n) is 9.86. The average Bonchev–Trinajstić information content (AvgIpc) is 2.61. The first-order chi connectivity index (χ1) is 7.79. The summed E-state index contributed by atoms with van der Waals surface area (Å²) in [4.78, 5) is 4.53. The number of benzene rings is 1. The summed E-state index contributed by atoms with van der Waals surface area (Å²) in [6.07, 6.45) is 2.90. The number of oxazole rings is 1. The summed E-state index contributed by atoms with van der Waals surface area (Å²) in [5, 5.41) is 0. The number of hydrogen-bond donors (Lipinski definition) is 0. The molecule has 0 saturated heterocycles. The van der Waals surface area contributed by atoms with E-state index in [4.69, 9.17) is 4.42 Å². The van der Waals surface area contributed by atoms with E-state index in [-0.39, 0.29) is 0 Å². The maximum Gasteiger partial charge on any atom is 0.199 e. The second kappa shape index (κ2) is 4.97. The minimum atomic E-state index is 0.783. The lowest BCUT2D eigenvalue weighted by Crippen LogP contribution is -1.89. The van der Waals surface area contributed by atoms with E-state index >= 15 is 0 Å². The molecule has 2 aromatic rings. The van der Waals surface area contributed by atoms with Crippen molar-refractivity contribution in [2.24, 2.45) is 0 Å². The summed E-state index contributed by atoms with van der Waals surface area (Å²) in [6, 6.07) is 10.3. The number of aryl methyl sites for hydroxylation is 2. The molecule has 1 aromatic carbocycles. The summed E-state index contributed by atoms with van der Waals surface area (Å²) in [5.41, 5.74) is 2.35. The van der Waals surface area contributed by atoms with Crippen LogP contribution in [-0.2, 0) is 12.8 Å². The average molecular weight is 215 g/mol. The molecule has 0 aliphatic heterocycles. The minimum Gasteiger partial charge on any atom is -0.445 e. The zero-order chi connectivity index (χ0) is 11.4. The highest BCUT2D eigenvalue weighted by atomic mass is 16.4. The van der Waals surface area contributed by atoms with Crippen LogP contribution < -0.4 is 0 Å². The molecule has 0 fully saturated rings. The predicted octanol–water partition coefficient (Wildman–Crippen LogP) is 3.53. The van der Waals surface area contributed by atoms with Crippen molar-refractivity contribution in [1.82, 2.24) is 4.98 Å². The third kappa shape index (κ3) is 2.51. The number of hydrogen-bond acceptors (Lipinski definition) is 2. The summed E-state index contributed by atoms with van der Waals surface area (Å²) in [7, 11) is 0. The van der Waals surface area contributed by atoms with Gasteiger partial charge in [-0.25, -0.2) is 4.98 Å². The van der Waals surface area contributed by atoms with Crippen molar-refractivity contribution in [3.8, 4) is 0 Å². The summed E-state index contributed by atoms with van der Waals surface area (Å²) in [6.45, 7) is 4.15. The Bertz CT molecular complexity index is 445. The van der Waals surface area contributed by atoms with Crippen molar-refractivity contribution in [2.45, 2.75) is 33.1 Å². The van der Waals surface area contributed by atoms with Gasteiger partial charge in [0.2, 0.25) is 0 Å². The van der Waals surface area contributed by atoms with E-state index in [0.29, 0.717) is 0 Å². The zero-order valence-corrected chi connectivity index (χ0v) is 9.86. The Labute approximate surface area is 96.3 Å². The Morgan fingerprint density at radius 3 is 2.62 bits per heavy atom. The summed E-state index contributed by atoms with van der Waals surface area (Å²) < 4.78 is 5.66. The molecule has 0 amide bonds. The summed E-state index contributed by atoms with van der Waals surface area (Å²) in [5.74, 6) is 1.79. The molecular formula is C14H17NO. The lowest BCUT2D eigenvalue weighted by molar-refractivity contribution is 0.480. The molecule has 0 bridgehead atoms. The molecule has 0 radical (unpaired) electrons. The van der Waals surface area contributed by atoms with Crippen molar-refractivity contribution in [1.29, 1.82) is 0 Å². The van der Waals surface area contributed by atoms with E-state index < -0.39 is 0 Å². The largest absolute Gasteiger partial charge is 0.445 e. The van der Waals surface area contributed by atoms with Crippen molar-refractivity contribution in [2.75, 3.05) is 0 Å². The van der Waals surface area contributed by atoms with Gasteiger partial charge in [-0.05, 0) is 18.9 Å². The molecule has 0 atom stereocenters. The molecule has 1 heterocycles. The van der Waals surface area contributed by atoms with Crippen LogP contribution in [0.3, 0.4) is 0 Å². The highest BCUT2D eigenvalue weighted by Gasteiger charge is 2.08. The molecule has 0 saturated carbocycles. The van der Waals surface area contributed by atoms with Gasteiger partial charge in [-0.3, -0.25) is 0 Å². The fourth-order valence-electron chi connectivity index (χ4n) is 1.80. The quantitative estimate of drug-likeness (QED) is 0.779. The fraction of sp³-hybridized carbons (Fsp3) is 0.357. The van der Waals surface area contributed by atoms with Crippen LogP contribution in [0.1, 0.15) is 36.3 Å². The Kier molecular flexibility index (Phi) is 3.40. The Hall–Kier alpha value is -1.57. The van der Waals surface area contributed by atoms with Gasteiger partial charge >= 0.3 is 0 Å². The molecular weight excluding hydrogens is 198 g/mol. The standard InChI is InChI=1S/C14H17NO/c1-3-7-13-11(2)16-14(15-13)10-12-8-5-4-6-9-12/h4-6,8-9H,3,7,10H2,1-2H3. The Morgan fingerprint density at radius 1 is 1.19 bits per heavy atom. The molecule has 1 aromatic heterocycles. The van der Waals surface area contributed by atoms with Crippen LogP contribution in [0.2, 0.25) is 0 Å². The van der Waals surface area contributed by atoms with Crippen LogP contribution in [0.4, 0.5) is 0 Å². The number of rotatable bonds is 4. The first kappa shape index (κ1) is 10.9. The van der Waals surface area contributed by atoms with E-state index in [1.807, 2.05) is 25.1 Å². The first-order valence-electron chi connectivity index (χ1n) is 5.78. The molecule has 2 heteroatoms. The summed E-state index contributed by atoms with van der Waals surface area (Å²) >= 11 is 0. The molecule has 16 heavy (non-hydrogen) atoms. The van der Waals surface area contributed by atoms with Gasteiger partial charge in [0, 0.05) is 6.42 Å². The molecule has 2 rings (SSSR count). The molecule has 2 nitrogen and oxygen atoms in total.